The third-order valence-electron chi connectivity index (χ3n) is 5.17. The molecule has 1 unspecified atom stereocenters. The highest BCUT2D eigenvalue weighted by atomic mass is 16.1. The molecule has 1 atom stereocenters. The van der Waals surface area contributed by atoms with Crippen molar-refractivity contribution in [1.82, 2.24) is 15.1 Å². The number of nitrogens with zero attached hydrogens (tertiary/aromatic N) is 2. The van der Waals surface area contributed by atoms with Crippen molar-refractivity contribution < 1.29 is 4.79 Å². The van der Waals surface area contributed by atoms with Gasteiger partial charge in [-0.05, 0) is 37.5 Å². The first-order valence-electron chi connectivity index (χ1n) is 9.16. The molecule has 0 bridgehead atoms. The van der Waals surface area contributed by atoms with E-state index < -0.39 is 0 Å². The Bertz CT molecular complexity index is 541. The maximum atomic E-state index is 12.8. The predicted octanol–water partition coefficient (Wildman–Crippen LogP) is 2.66. The largest absolute Gasteiger partial charge is 0.348 e. The Balaban J connectivity index is 1.74. The Kier molecular flexibility index (Phi) is 5.05. The van der Waals surface area contributed by atoms with Crippen LogP contribution in [0.15, 0.2) is 6.20 Å². The third kappa shape index (κ3) is 3.77. The van der Waals surface area contributed by atoms with Crippen LogP contribution in [-0.2, 0) is 6.54 Å². The van der Waals surface area contributed by atoms with E-state index in [2.05, 4.69) is 24.3 Å². The molecule has 0 saturated heterocycles. The van der Waals surface area contributed by atoms with Crippen molar-refractivity contribution in [2.45, 2.75) is 70.9 Å². The summed E-state index contributed by atoms with van der Waals surface area (Å²) in [6.07, 6.45) is 9.00. The average molecular weight is 318 g/mol. The van der Waals surface area contributed by atoms with Gasteiger partial charge in [-0.3, -0.25) is 9.48 Å². The van der Waals surface area contributed by atoms with Gasteiger partial charge in [0, 0.05) is 25.0 Å². The van der Waals surface area contributed by atoms with Crippen LogP contribution in [0.1, 0.15) is 74.3 Å². The normalized spacial score (nSPS) is 20.2. The number of hydrogen-bond acceptors (Lipinski definition) is 3. The van der Waals surface area contributed by atoms with Gasteiger partial charge in [-0.1, -0.05) is 26.7 Å². The first kappa shape index (κ1) is 16.5. The van der Waals surface area contributed by atoms with Gasteiger partial charge in [0.2, 0.25) is 0 Å². The zero-order valence-electron chi connectivity index (χ0n) is 14.4. The van der Waals surface area contributed by atoms with Crippen molar-refractivity contribution in [2.24, 2.45) is 17.6 Å². The van der Waals surface area contributed by atoms with E-state index in [-0.39, 0.29) is 11.9 Å². The summed E-state index contributed by atoms with van der Waals surface area (Å²) in [7, 11) is 0. The van der Waals surface area contributed by atoms with Crippen molar-refractivity contribution in [2.75, 3.05) is 6.54 Å². The minimum Gasteiger partial charge on any atom is -0.348 e. The Morgan fingerprint density at radius 3 is 2.61 bits per heavy atom. The standard InChI is InChI=1S/C18H30N4O/c1-12(2)11-22-17(14-7-8-14)15(10-20-22)18(23)21-16(9-19)13-5-3-4-6-13/h10,12-14,16H,3-9,11,19H2,1-2H3,(H,21,23). The summed E-state index contributed by atoms with van der Waals surface area (Å²) in [5, 5.41) is 7.69. The van der Waals surface area contributed by atoms with Crippen molar-refractivity contribution in [3.63, 3.8) is 0 Å². The minimum absolute atomic E-state index is 0.0178. The van der Waals surface area contributed by atoms with Gasteiger partial charge < -0.3 is 11.1 Å². The lowest BCUT2D eigenvalue weighted by Crippen LogP contribution is -2.44. The minimum atomic E-state index is 0.0178. The number of hydrogen-bond donors (Lipinski definition) is 2. The van der Waals surface area contributed by atoms with Gasteiger partial charge in [0.1, 0.15) is 0 Å². The number of carbonyl (C=O) groups is 1. The van der Waals surface area contributed by atoms with E-state index in [1.807, 2.05) is 4.68 Å². The highest BCUT2D eigenvalue weighted by Crippen LogP contribution is 2.42. The van der Waals surface area contributed by atoms with Crippen molar-refractivity contribution in [3.05, 3.63) is 17.5 Å². The van der Waals surface area contributed by atoms with E-state index in [1.54, 1.807) is 6.20 Å². The first-order valence-corrected chi connectivity index (χ1v) is 9.16. The lowest BCUT2D eigenvalue weighted by Gasteiger charge is -2.23. The molecule has 2 fully saturated rings. The second kappa shape index (κ2) is 7.04. The molecule has 0 aliphatic heterocycles. The average Bonchev–Trinajstić information content (AvgIpc) is 3.04. The van der Waals surface area contributed by atoms with Gasteiger partial charge in [-0.25, -0.2) is 0 Å². The number of nitrogens with two attached hydrogens (primary N) is 1. The molecule has 1 heterocycles. The van der Waals surface area contributed by atoms with Gasteiger partial charge in [0.15, 0.2) is 0 Å². The van der Waals surface area contributed by atoms with Crippen LogP contribution in [0.4, 0.5) is 0 Å². The third-order valence-corrected chi connectivity index (χ3v) is 5.17. The molecule has 0 aromatic carbocycles. The monoisotopic (exact) mass is 318 g/mol. The van der Waals surface area contributed by atoms with Gasteiger partial charge in [0.05, 0.1) is 17.5 Å². The van der Waals surface area contributed by atoms with Crippen LogP contribution in [-0.4, -0.2) is 28.3 Å². The van der Waals surface area contributed by atoms with Crippen molar-refractivity contribution >= 4 is 5.91 Å². The van der Waals surface area contributed by atoms with Crippen LogP contribution in [0, 0.1) is 11.8 Å². The fourth-order valence-electron chi connectivity index (χ4n) is 3.82. The molecule has 1 aromatic rings. The summed E-state index contributed by atoms with van der Waals surface area (Å²) in [6.45, 7) is 5.77. The fraction of sp³-hybridized carbons (Fsp3) is 0.778. The molecule has 0 spiro atoms. The number of rotatable bonds is 7. The van der Waals surface area contributed by atoms with Crippen LogP contribution >= 0.6 is 0 Å². The molecule has 2 aliphatic rings. The van der Waals surface area contributed by atoms with Crippen LogP contribution in [0.25, 0.3) is 0 Å². The molecular weight excluding hydrogens is 288 g/mol. The number of nitrogens with one attached hydrogen (secondary N) is 1. The Morgan fingerprint density at radius 2 is 2.04 bits per heavy atom. The smallest absolute Gasteiger partial charge is 0.255 e. The van der Waals surface area contributed by atoms with Crippen LogP contribution in [0.5, 0.6) is 0 Å². The molecule has 0 radical (unpaired) electrons. The van der Waals surface area contributed by atoms with Gasteiger partial charge in [-0.2, -0.15) is 5.10 Å². The van der Waals surface area contributed by atoms with Gasteiger partial charge in [0.25, 0.3) is 5.91 Å². The molecule has 5 heteroatoms. The number of aromatic nitrogens is 2. The highest BCUT2D eigenvalue weighted by molar-refractivity contribution is 5.95. The van der Waals surface area contributed by atoms with E-state index in [0.29, 0.717) is 24.3 Å². The van der Waals surface area contributed by atoms with Crippen LogP contribution in [0.2, 0.25) is 0 Å². The summed E-state index contributed by atoms with van der Waals surface area (Å²) in [5.41, 5.74) is 7.83. The highest BCUT2D eigenvalue weighted by Gasteiger charge is 2.33. The van der Waals surface area contributed by atoms with Crippen LogP contribution < -0.4 is 11.1 Å². The molecule has 1 aromatic heterocycles. The van der Waals surface area contributed by atoms with Crippen molar-refractivity contribution in [3.8, 4) is 0 Å². The molecule has 2 saturated carbocycles. The van der Waals surface area contributed by atoms with Crippen LogP contribution in [0.3, 0.4) is 0 Å². The van der Waals surface area contributed by atoms with E-state index in [1.165, 1.54) is 38.5 Å². The summed E-state index contributed by atoms with van der Waals surface area (Å²) in [4.78, 5) is 12.8. The molecule has 3 rings (SSSR count). The van der Waals surface area contributed by atoms with E-state index in [0.717, 1.165) is 17.8 Å². The lowest BCUT2D eigenvalue weighted by molar-refractivity contribution is 0.0923. The number of amides is 1. The quantitative estimate of drug-likeness (QED) is 0.812. The zero-order valence-corrected chi connectivity index (χ0v) is 14.4. The Labute approximate surface area is 139 Å². The SMILES string of the molecule is CC(C)Cn1ncc(C(=O)NC(CN)C2CCCC2)c1C1CC1. The Hall–Kier alpha value is -1.36. The van der Waals surface area contributed by atoms with E-state index in [9.17, 15) is 4.79 Å². The molecule has 5 nitrogen and oxygen atoms in total. The molecule has 2 aliphatic carbocycles. The summed E-state index contributed by atoms with van der Waals surface area (Å²) < 4.78 is 2.05. The number of carbonyl (C=O) groups excluding carboxylic acids is 1. The molecular formula is C18H30N4O. The van der Waals surface area contributed by atoms with Gasteiger partial charge >= 0.3 is 0 Å². The predicted molar refractivity (Wildman–Crippen MR) is 91.3 cm³/mol. The van der Waals surface area contributed by atoms with Gasteiger partial charge in [-0.15, -0.1) is 0 Å². The fourth-order valence-corrected chi connectivity index (χ4v) is 3.82. The van der Waals surface area contributed by atoms with E-state index in [4.69, 9.17) is 5.73 Å². The molecule has 1 amide bonds. The molecule has 23 heavy (non-hydrogen) atoms. The lowest BCUT2D eigenvalue weighted by atomic mass is 9.97. The first-order chi connectivity index (χ1) is 11.1. The topological polar surface area (TPSA) is 72.9 Å². The van der Waals surface area contributed by atoms with E-state index >= 15 is 0 Å². The molecule has 128 valence electrons. The summed E-state index contributed by atoms with van der Waals surface area (Å²) >= 11 is 0. The molecule has 3 N–H and O–H groups in total. The summed E-state index contributed by atoms with van der Waals surface area (Å²) in [6, 6.07) is 0.102. The summed E-state index contributed by atoms with van der Waals surface area (Å²) in [5.74, 6) is 1.60. The maximum Gasteiger partial charge on any atom is 0.255 e. The van der Waals surface area contributed by atoms with Crippen molar-refractivity contribution in [1.29, 1.82) is 0 Å². The maximum absolute atomic E-state index is 12.8. The second-order valence-corrected chi connectivity index (χ2v) is 7.65. The second-order valence-electron chi connectivity index (χ2n) is 7.65. The Morgan fingerprint density at radius 1 is 1.35 bits per heavy atom. The zero-order chi connectivity index (χ0) is 16.4.